The summed E-state index contributed by atoms with van der Waals surface area (Å²) in [6.45, 7) is 1.97. The molecule has 0 radical (unpaired) electrons. The van der Waals surface area contributed by atoms with Crippen LogP contribution in [0.5, 0.6) is 0 Å². The van der Waals surface area contributed by atoms with Gasteiger partial charge in [-0.25, -0.2) is 0 Å². The minimum Gasteiger partial charge on any atom is -0.258 e. The standard InChI is InChI=1S/C19H14BrNO2/c1-13-7-5-6-10-15(13)18-16(14-8-3-2-4-9-14)11-12-17(20)19(18)21(22)23/h2-12H,1H3. The van der Waals surface area contributed by atoms with Gasteiger partial charge in [-0.2, -0.15) is 0 Å². The maximum Gasteiger partial charge on any atom is 0.291 e. The number of aryl methyl sites for hydroxylation is 1. The van der Waals surface area contributed by atoms with Crippen molar-refractivity contribution in [3.8, 4) is 22.3 Å². The molecule has 3 nitrogen and oxygen atoms in total. The molecule has 0 aliphatic carbocycles. The van der Waals surface area contributed by atoms with Crippen LogP contribution in [0.1, 0.15) is 5.56 Å². The Morgan fingerprint density at radius 2 is 1.52 bits per heavy atom. The van der Waals surface area contributed by atoms with Crippen LogP contribution in [0.4, 0.5) is 5.69 Å². The molecule has 0 aliphatic rings. The number of nitro benzene ring substituents is 1. The van der Waals surface area contributed by atoms with Crippen molar-refractivity contribution in [2.45, 2.75) is 6.92 Å². The van der Waals surface area contributed by atoms with Gasteiger partial charge in [0, 0.05) is 0 Å². The van der Waals surface area contributed by atoms with E-state index in [9.17, 15) is 10.1 Å². The molecule has 23 heavy (non-hydrogen) atoms. The Morgan fingerprint density at radius 1 is 0.870 bits per heavy atom. The molecule has 0 unspecified atom stereocenters. The summed E-state index contributed by atoms with van der Waals surface area (Å²) in [5.41, 5.74) is 4.44. The van der Waals surface area contributed by atoms with E-state index in [4.69, 9.17) is 0 Å². The summed E-state index contributed by atoms with van der Waals surface area (Å²) in [6.07, 6.45) is 0. The Hall–Kier alpha value is -2.46. The highest BCUT2D eigenvalue weighted by Gasteiger charge is 2.24. The molecule has 0 fully saturated rings. The summed E-state index contributed by atoms with van der Waals surface area (Å²) in [6, 6.07) is 21.1. The number of hydrogen-bond acceptors (Lipinski definition) is 2. The molecular formula is C19H14BrNO2. The zero-order valence-corrected chi connectivity index (χ0v) is 14.1. The third-order valence-corrected chi connectivity index (χ3v) is 4.45. The van der Waals surface area contributed by atoms with E-state index < -0.39 is 0 Å². The first-order chi connectivity index (χ1) is 11.1. The van der Waals surface area contributed by atoms with Crippen LogP contribution in [-0.4, -0.2) is 4.92 Å². The molecule has 0 atom stereocenters. The third-order valence-electron chi connectivity index (χ3n) is 3.81. The Balaban J connectivity index is 2.41. The number of nitro groups is 1. The topological polar surface area (TPSA) is 43.1 Å². The van der Waals surface area contributed by atoms with E-state index in [0.717, 1.165) is 22.3 Å². The highest BCUT2D eigenvalue weighted by atomic mass is 79.9. The first-order valence-electron chi connectivity index (χ1n) is 7.18. The normalized spacial score (nSPS) is 10.5. The van der Waals surface area contributed by atoms with Crippen LogP contribution in [0.2, 0.25) is 0 Å². The van der Waals surface area contributed by atoms with E-state index in [2.05, 4.69) is 15.9 Å². The molecule has 3 aromatic rings. The van der Waals surface area contributed by atoms with E-state index in [0.29, 0.717) is 10.0 Å². The van der Waals surface area contributed by atoms with Gasteiger partial charge in [-0.15, -0.1) is 0 Å². The molecule has 0 saturated carbocycles. The molecular weight excluding hydrogens is 354 g/mol. The lowest BCUT2D eigenvalue weighted by atomic mass is 9.91. The lowest BCUT2D eigenvalue weighted by Gasteiger charge is -2.14. The molecule has 0 bridgehead atoms. The molecule has 0 aromatic heterocycles. The number of halogens is 1. The second-order valence-electron chi connectivity index (χ2n) is 5.26. The largest absolute Gasteiger partial charge is 0.291 e. The van der Waals surface area contributed by atoms with Crippen LogP contribution in [0.25, 0.3) is 22.3 Å². The molecule has 4 heteroatoms. The van der Waals surface area contributed by atoms with Gasteiger partial charge in [0.05, 0.1) is 15.0 Å². The highest BCUT2D eigenvalue weighted by Crippen LogP contribution is 2.44. The van der Waals surface area contributed by atoms with Gasteiger partial charge in [-0.1, -0.05) is 60.7 Å². The molecule has 3 aromatic carbocycles. The first kappa shape index (κ1) is 15.4. The third kappa shape index (κ3) is 2.90. The van der Waals surface area contributed by atoms with Gasteiger partial charge in [0.25, 0.3) is 5.69 Å². The molecule has 0 N–H and O–H groups in total. The number of nitrogens with zero attached hydrogens (tertiary/aromatic N) is 1. The lowest BCUT2D eigenvalue weighted by molar-refractivity contribution is -0.384. The Labute approximate surface area is 142 Å². The maximum absolute atomic E-state index is 11.7. The fourth-order valence-corrected chi connectivity index (χ4v) is 3.20. The minimum absolute atomic E-state index is 0.0978. The van der Waals surface area contributed by atoms with Gasteiger partial charge >= 0.3 is 0 Å². The fraction of sp³-hybridized carbons (Fsp3) is 0.0526. The van der Waals surface area contributed by atoms with E-state index in [1.807, 2.05) is 67.6 Å². The molecule has 3 rings (SSSR count). The van der Waals surface area contributed by atoms with Gasteiger partial charge in [-0.05, 0) is 51.2 Å². The van der Waals surface area contributed by atoms with Crippen molar-refractivity contribution >= 4 is 21.6 Å². The average molecular weight is 368 g/mol. The first-order valence-corrected chi connectivity index (χ1v) is 7.97. The van der Waals surface area contributed by atoms with Crippen LogP contribution in [-0.2, 0) is 0 Å². The zero-order valence-electron chi connectivity index (χ0n) is 12.5. The monoisotopic (exact) mass is 367 g/mol. The quantitative estimate of drug-likeness (QED) is 0.420. The molecule has 0 amide bonds. The van der Waals surface area contributed by atoms with E-state index in [1.165, 1.54) is 0 Å². The van der Waals surface area contributed by atoms with Crippen LogP contribution in [0.15, 0.2) is 71.2 Å². The summed E-state index contributed by atoms with van der Waals surface area (Å²) < 4.78 is 0.487. The molecule has 0 aliphatic heterocycles. The lowest BCUT2D eigenvalue weighted by Crippen LogP contribution is -1.97. The van der Waals surface area contributed by atoms with E-state index in [1.54, 1.807) is 6.07 Å². The second kappa shape index (κ2) is 6.34. The Kier molecular flexibility index (Phi) is 4.26. The van der Waals surface area contributed by atoms with Gasteiger partial charge in [0.2, 0.25) is 0 Å². The maximum atomic E-state index is 11.7. The van der Waals surface area contributed by atoms with E-state index in [-0.39, 0.29) is 10.6 Å². The van der Waals surface area contributed by atoms with Crippen molar-refractivity contribution in [1.29, 1.82) is 0 Å². The van der Waals surface area contributed by atoms with Crippen molar-refractivity contribution in [3.05, 3.63) is 86.9 Å². The number of benzene rings is 3. The fourth-order valence-electron chi connectivity index (χ4n) is 2.73. The van der Waals surface area contributed by atoms with Crippen molar-refractivity contribution in [3.63, 3.8) is 0 Å². The molecule has 114 valence electrons. The van der Waals surface area contributed by atoms with Crippen LogP contribution >= 0.6 is 15.9 Å². The van der Waals surface area contributed by atoms with Crippen LogP contribution in [0.3, 0.4) is 0 Å². The van der Waals surface area contributed by atoms with Gasteiger partial charge in [0.1, 0.15) is 0 Å². The Bertz CT molecular complexity index is 876. The van der Waals surface area contributed by atoms with E-state index >= 15 is 0 Å². The average Bonchev–Trinajstić information content (AvgIpc) is 2.55. The van der Waals surface area contributed by atoms with Gasteiger partial charge in [0.15, 0.2) is 0 Å². The predicted molar refractivity (Wildman–Crippen MR) is 96.4 cm³/mol. The SMILES string of the molecule is Cc1ccccc1-c1c(-c2ccccc2)ccc(Br)c1[N+](=O)[O-]. The summed E-state index contributed by atoms with van der Waals surface area (Å²) in [7, 11) is 0. The van der Waals surface area contributed by atoms with Crippen molar-refractivity contribution in [2.24, 2.45) is 0 Å². The van der Waals surface area contributed by atoms with Crippen molar-refractivity contribution in [2.75, 3.05) is 0 Å². The van der Waals surface area contributed by atoms with Gasteiger partial charge in [-0.3, -0.25) is 10.1 Å². The predicted octanol–water partition coefficient (Wildman–Crippen LogP) is 6.00. The van der Waals surface area contributed by atoms with Crippen molar-refractivity contribution in [1.82, 2.24) is 0 Å². The molecule has 0 spiro atoms. The molecule has 0 saturated heterocycles. The summed E-state index contributed by atoms with van der Waals surface area (Å²) in [5.74, 6) is 0. The summed E-state index contributed by atoms with van der Waals surface area (Å²) >= 11 is 3.33. The van der Waals surface area contributed by atoms with Crippen LogP contribution in [0, 0.1) is 17.0 Å². The second-order valence-corrected chi connectivity index (χ2v) is 6.11. The number of rotatable bonds is 3. The van der Waals surface area contributed by atoms with Crippen molar-refractivity contribution < 1.29 is 4.92 Å². The highest BCUT2D eigenvalue weighted by molar-refractivity contribution is 9.10. The van der Waals surface area contributed by atoms with Crippen LogP contribution < -0.4 is 0 Å². The number of hydrogen-bond donors (Lipinski definition) is 0. The minimum atomic E-state index is -0.321. The summed E-state index contributed by atoms with van der Waals surface area (Å²) in [5, 5.41) is 11.7. The smallest absolute Gasteiger partial charge is 0.258 e. The molecule has 0 heterocycles. The Morgan fingerprint density at radius 3 is 2.17 bits per heavy atom. The van der Waals surface area contributed by atoms with Gasteiger partial charge < -0.3 is 0 Å². The summed E-state index contributed by atoms with van der Waals surface area (Å²) in [4.78, 5) is 11.4. The zero-order chi connectivity index (χ0) is 16.4.